The van der Waals surface area contributed by atoms with E-state index in [9.17, 15) is 5.11 Å². The van der Waals surface area contributed by atoms with E-state index in [1.54, 1.807) is 0 Å². The summed E-state index contributed by atoms with van der Waals surface area (Å²) in [5.74, 6) is 0. The van der Waals surface area contributed by atoms with Gasteiger partial charge in [0.25, 0.3) is 0 Å². The molecule has 1 aliphatic rings. The van der Waals surface area contributed by atoms with Crippen LogP contribution in [0.3, 0.4) is 0 Å². The average Bonchev–Trinajstić information content (AvgIpc) is 2.58. The molecule has 3 nitrogen and oxygen atoms in total. The van der Waals surface area contributed by atoms with E-state index >= 15 is 0 Å². The fraction of sp³-hybridized carbons (Fsp3) is 1.00. The highest BCUT2D eigenvalue weighted by Crippen LogP contribution is 2.26. The summed E-state index contributed by atoms with van der Waals surface area (Å²) in [5, 5.41) is 10.3. The van der Waals surface area contributed by atoms with Crippen LogP contribution in [0.5, 0.6) is 0 Å². The van der Waals surface area contributed by atoms with Gasteiger partial charge in [0.05, 0.1) is 6.10 Å². The van der Waals surface area contributed by atoms with Crippen molar-refractivity contribution < 1.29 is 9.84 Å². The first-order valence-electron chi connectivity index (χ1n) is 5.22. The van der Waals surface area contributed by atoms with Crippen molar-refractivity contribution in [1.29, 1.82) is 0 Å². The van der Waals surface area contributed by atoms with E-state index in [1.807, 2.05) is 11.8 Å². The Morgan fingerprint density at radius 2 is 2.08 bits per heavy atom. The summed E-state index contributed by atoms with van der Waals surface area (Å²) in [6.07, 6.45) is 2.04. The highest BCUT2D eigenvalue weighted by molar-refractivity contribution is 4.85. The molecule has 1 rings (SSSR count). The number of rotatable bonds is 4. The Morgan fingerprint density at radius 1 is 1.46 bits per heavy atom. The zero-order valence-electron chi connectivity index (χ0n) is 8.92. The summed E-state index contributed by atoms with van der Waals surface area (Å²) in [6, 6.07) is 0. The molecule has 1 saturated heterocycles. The monoisotopic (exact) mass is 187 g/mol. The van der Waals surface area contributed by atoms with Gasteiger partial charge in [-0.05, 0) is 32.9 Å². The van der Waals surface area contributed by atoms with Gasteiger partial charge in [0.15, 0.2) is 0 Å². The van der Waals surface area contributed by atoms with Crippen LogP contribution >= 0.6 is 0 Å². The van der Waals surface area contributed by atoms with E-state index in [-0.39, 0.29) is 6.10 Å². The lowest BCUT2D eigenvalue weighted by Crippen LogP contribution is -2.54. The van der Waals surface area contributed by atoms with E-state index in [2.05, 4.69) is 13.8 Å². The van der Waals surface area contributed by atoms with Crippen LogP contribution in [0.2, 0.25) is 0 Å². The Kier molecular flexibility index (Phi) is 3.71. The number of aliphatic hydroxyl groups is 1. The Hall–Kier alpha value is -0.120. The summed E-state index contributed by atoms with van der Waals surface area (Å²) < 4.78 is 5.51. The highest BCUT2D eigenvalue weighted by Gasteiger charge is 2.38. The third-order valence-corrected chi connectivity index (χ3v) is 2.94. The Morgan fingerprint density at radius 3 is 2.46 bits per heavy atom. The van der Waals surface area contributed by atoms with Gasteiger partial charge in [-0.2, -0.15) is 0 Å². The van der Waals surface area contributed by atoms with E-state index in [4.69, 9.17) is 4.74 Å². The van der Waals surface area contributed by atoms with Crippen LogP contribution in [0.1, 0.15) is 33.6 Å². The lowest BCUT2D eigenvalue weighted by molar-refractivity contribution is -0.168. The van der Waals surface area contributed by atoms with E-state index in [0.29, 0.717) is 0 Å². The average molecular weight is 187 g/mol. The fourth-order valence-electron chi connectivity index (χ4n) is 2.08. The molecule has 0 aliphatic carbocycles. The van der Waals surface area contributed by atoms with Gasteiger partial charge in [-0.25, -0.2) is 0 Å². The molecular formula is C10H21NO2. The van der Waals surface area contributed by atoms with Crippen LogP contribution in [0.25, 0.3) is 0 Å². The molecule has 0 saturated carbocycles. The van der Waals surface area contributed by atoms with E-state index < -0.39 is 5.72 Å². The van der Waals surface area contributed by atoms with Crippen LogP contribution in [0.15, 0.2) is 0 Å². The summed E-state index contributed by atoms with van der Waals surface area (Å²) in [6.45, 7) is 8.50. The van der Waals surface area contributed by atoms with Crippen LogP contribution < -0.4 is 0 Å². The lowest BCUT2D eigenvalue weighted by atomic mass is 10.0. The van der Waals surface area contributed by atoms with Crippen molar-refractivity contribution in [2.45, 2.75) is 45.4 Å². The van der Waals surface area contributed by atoms with Gasteiger partial charge in [0.1, 0.15) is 5.72 Å². The molecule has 0 bridgehead atoms. The second-order valence-corrected chi connectivity index (χ2v) is 3.77. The summed E-state index contributed by atoms with van der Waals surface area (Å²) in [4.78, 5) is 2.04. The predicted molar refractivity (Wildman–Crippen MR) is 52.5 cm³/mol. The molecular weight excluding hydrogens is 166 g/mol. The number of likely N-dealkylation sites (N-methyl/N-ethyl adjacent to an activating group) is 1. The molecule has 0 amide bonds. The zero-order valence-corrected chi connectivity index (χ0v) is 8.92. The smallest absolute Gasteiger partial charge is 0.142 e. The largest absolute Gasteiger partial charge is 0.374 e. The minimum absolute atomic E-state index is 0.00704. The first kappa shape index (κ1) is 11.0. The Balaban J connectivity index is 2.60. The summed E-state index contributed by atoms with van der Waals surface area (Å²) in [5.41, 5.74) is -0.792. The number of hydrogen-bond donors (Lipinski definition) is 1. The van der Waals surface area contributed by atoms with Crippen molar-refractivity contribution in [1.82, 2.24) is 4.90 Å². The van der Waals surface area contributed by atoms with Crippen molar-refractivity contribution >= 4 is 0 Å². The quantitative estimate of drug-likeness (QED) is 0.672. The first-order chi connectivity index (χ1) is 6.12. The van der Waals surface area contributed by atoms with Gasteiger partial charge in [-0.15, -0.1) is 0 Å². The van der Waals surface area contributed by atoms with Crippen molar-refractivity contribution in [3.05, 3.63) is 0 Å². The maximum Gasteiger partial charge on any atom is 0.142 e. The Bertz CT molecular complexity index is 145. The second kappa shape index (κ2) is 4.40. The minimum Gasteiger partial charge on any atom is -0.374 e. The molecule has 13 heavy (non-hydrogen) atoms. The second-order valence-electron chi connectivity index (χ2n) is 3.77. The molecule has 0 aromatic carbocycles. The molecule has 0 spiro atoms. The van der Waals surface area contributed by atoms with Crippen molar-refractivity contribution in [2.24, 2.45) is 0 Å². The summed E-state index contributed by atoms with van der Waals surface area (Å²) >= 11 is 0. The SMILES string of the molecule is CCN(CC)C(C)(O)C1CCCO1. The molecule has 1 aliphatic heterocycles. The van der Waals surface area contributed by atoms with Crippen LogP contribution in [-0.2, 0) is 4.74 Å². The fourth-order valence-corrected chi connectivity index (χ4v) is 2.08. The molecule has 2 atom stereocenters. The third kappa shape index (κ3) is 2.22. The third-order valence-electron chi connectivity index (χ3n) is 2.94. The summed E-state index contributed by atoms with van der Waals surface area (Å²) in [7, 11) is 0. The van der Waals surface area contributed by atoms with Crippen LogP contribution in [0.4, 0.5) is 0 Å². The molecule has 1 fully saturated rings. The number of ether oxygens (including phenoxy) is 1. The lowest BCUT2D eigenvalue weighted by Gasteiger charge is -2.39. The van der Waals surface area contributed by atoms with E-state index in [1.165, 1.54) is 0 Å². The zero-order chi connectivity index (χ0) is 9.90. The molecule has 1 heterocycles. The molecule has 0 radical (unpaired) electrons. The van der Waals surface area contributed by atoms with Gasteiger partial charge in [-0.3, -0.25) is 4.90 Å². The highest BCUT2D eigenvalue weighted by atomic mass is 16.5. The van der Waals surface area contributed by atoms with Crippen molar-refractivity contribution in [2.75, 3.05) is 19.7 Å². The van der Waals surface area contributed by atoms with E-state index in [0.717, 1.165) is 32.5 Å². The Labute approximate surface area is 80.7 Å². The number of nitrogens with zero attached hydrogens (tertiary/aromatic N) is 1. The number of hydrogen-bond acceptors (Lipinski definition) is 3. The molecule has 0 aromatic rings. The van der Waals surface area contributed by atoms with Gasteiger partial charge in [0.2, 0.25) is 0 Å². The van der Waals surface area contributed by atoms with Crippen molar-refractivity contribution in [3.63, 3.8) is 0 Å². The first-order valence-corrected chi connectivity index (χ1v) is 5.22. The van der Waals surface area contributed by atoms with Crippen LogP contribution in [-0.4, -0.2) is 41.5 Å². The van der Waals surface area contributed by atoms with Gasteiger partial charge in [0, 0.05) is 6.61 Å². The molecule has 3 heteroatoms. The predicted octanol–water partition coefficient (Wildman–Crippen LogP) is 1.22. The van der Waals surface area contributed by atoms with Gasteiger partial charge >= 0.3 is 0 Å². The van der Waals surface area contributed by atoms with Gasteiger partial charge < -0.3 is 9.84 Å². The standard InChI is InChI=1S/C10H21NO2/c1-4-11(5-2)10(3,12)9-7-6-8-13-9/h9,12H,4-8H2,1-3H3. The maximum atomic E-state index is 10.3. The molecule has 78 valence electrons. The topological polar surface area (TPSA) is 32.7 Å². The normalized spacial score (nSPS) is 27.9. The van der Waals surface area contributed by atoms with Crippen molar-refractivity contribution in [3.8, 4) is 0 Å². The van der Waals surface area contributed by atoms with Crippen LogP contribution in [0, 0.1) is 0 Å². The molecule has 0 aromatic heterocycles. The van der Waals surface area contributed by atoms with Gasteiger partial charge in [-0.1, -0.05) is 13.8 Å². The molecule has 2 unspecified atom stereocenters. The minimum atomic E-state index is -0.792. The maximum absolute atomic E-state index is 10.3. The molecule has 1 N–H and O–H groups in total.